The van der Waals surface area contributed by atoms with E-state index < -0.39 is 10.0 Å². The van der Waals surface area contributed by atoms with Crippen LogP contribution in [0.25, 0.3) is 16.8 Å². The van der Waals surface area contributed by atoms with E-state index in [9.17, 15) is 8.42 Å². The standard InChI is InChI=1S/C20H16INO2S/c1-14-6-10-18(11-7-14)25(23,24)22-13-17(21)12-16-9-8-15-4-2-3-5-19(15)20(16)22/h2-12H,13H2,1H3. The third-order valence-corrected chi connectivity index (χ3v) is 6.81. The van der Waals surface area contributed by atoms with Crippen LogP contribution in [0.3, 0.4) is 0 Å². The smallest absolute Gasteiger partial charge is 0.260 e. The molecule has 0 amide bonds. The number of anilines is 1. The average Bonchev–Trinajstić information content (AvgIpc) is 2.61. The lowest BCUT2D eigenvalue weighted by Crippen LogP contribution is -2.34. The fourth-order valence-corrected chi connectivity index (χ4v) is 5.54. The van der Waals surface area contributed by atoms with Gasteiger partial charge in [-0.05, 0) is 53.1 Å². The zero-order chi connectivity index (χ0) is 17.6. The summed E-state index contributed by atoms with van der Waals surface area (Å²) in [6, 6.07) is 19.0. The van der Waals surface area contributed by atoms with Crippen LogP contribution in [-0.2, 0) is 10.0 Å². The summed E-state index contributed by atoms with van der Waals surface area (Å²) in [4.78, 5) is 0.322. The third kappa shape index (κ3) is 2.85. The molecule has 0 N–H and O–H groups in total. The molecule has 1 aliphatic heterocycles. The van der Waals surface area contributed by atoms with Crippen molar-refractivity contribution in [3.63, 3.8) is 0 Å². The molecular weight excluding hydrogens is 445 g/mol. The minimum Gasteiger partial charge on any atom is -0.260 e. The molecule has 126 valence electrons. The molecule has 0 saturated carbocycles. The third-order valence-electron chi connectivity index (χ3n) is 4.40. The summed E-state index contributed by atoms with van der Waals surface area (Å²) in [6.07, 6.45) is 2.06. The molecule has 0 unspecified atom stereocenters. The lowest BCUT2D eigenvalue weighted by atomic mass is 10.0. The maximum Gasteiger partial charge on any atom is 0.264 e. The van der Waals surface area contributed by atoms with Crippen molar-refractivity contribution in [1.82, 2.24) is 0 Å². The Morgan fingerprint density at radius 1 is 0.960 bits per heavy atom. The predicted octanol–water partition coefficient (Wildman–Crippen LogP) is 5.13. The highest BCUT2D eigenvalue weighted by atomic mass is 127. The van der Waals surface area contributed by atoms with Crippen molar-refractivity contribution in [2.24, 2.45) is 0 Å². The highest BCUT2D eigenvalue weighted by Crippen LogP contribution is 2.40. The molecule has 1 aliphatic rings. The summed E-state index contributed by atoms with van der Waals surface area (Å²) in [6.45, 7) is 2.31. The van der Waals surface area contributed by atoms with E-state index in [2.05, 4.69) is 28.7 Å². The van der Waals surface area contributed by atoms with Gasteiger partial charge in [-0.3, -0.25) is 4.31 Å². The van der Waals surface area contributed by atoms with E-state index in [1.165, 1.54) is 4.31 Å². The monoisotopic (exact) mass is 461 g/mol. The molecule has 0 saturated heterocycles. The van der Waals surface area contributed by atoms with Gasteiger partial charge in [0.15, 0.2) is 0 Å². The van der Waals surface area contributed by atoms with Crippen LogP contribution in [0.5, 0.6) is 0 Å². The highest BCUT2D eigenvalue weighted by molar-refractivity contribution is 14.1. The first-order chi connectivity index (χ1) is 12.0. The first-order valence-corrected chi connectivity index (χ1v) is 10.5. The van der Waals surface area contributed by atoms with Gasteiger partial charge in [0, 0.05) is 14.5 Å². The molecule has 3 nitrogen and oxygen atoms in total. The molecule has 0 bridgehead atoms. The Labute approximate surface area is 161 Å². The molecule has 3 aromatic carbocycles. The summed E-state index contributed by atoms with van der Waals surface area (Å²) in [7, 11) is -3.63. The molecule has 4 rings (SSSR count). The molecule has 0 fully saturated rings. The summed E-state index contributed by atoms with van der Waals surface area (Å²) in [5.74, 6) is 0. The zero-order valence-corrected chi connectivity index (χ0v) is 16.6. The minimum absolute atomic E-state index is 0.322. The molecule has 25 heavy (non-hydrogen) atoms. The van der Waals surface area contributed by atoms with E-state index in [1.807, 2.05) is 55.5 Å². The Kier molecular flexibility index (Phi) is 4.08. The van der Waals surface area contributed by atoms with Crippen molar-refractivity contribution in [3.05, 3.63) is 75.4 Å². The number of nitrogens with zero attached hydrogens (tertiary/aromatic N) is 1. The van der Waals surface area contributed by atoms with Gasteiger partial charge in [-0.15, -0.1) is 0 Å². The summed E-state index contributed by atoms with van der Waals surface area (Å²) >= 11 is 2.21. The molecule has 0 radical (unpaired) electrons. The van der Waals surface area contributed by atoms with Gasteiger partial charge in [0.2, 0.25) is 0 Å². The van der Waals surface area contributed by atoms with Gasteiger partial charge in [0.05, 0.1) is 17.1 Å². The van der Waals surface area contributed by atoms with Crippen LogP contribution in [-0.4, -0.2) is 15.0 Å². The summed E-state index contributed by atoms with van der Waals surface area (Å²) < 4.78 is 29.2. The Bertz CT molecular complexity index is 1100. The van der Waals surface area contributed by atoms with Crippen LogP contribution >= 0.6 is 22.6 Å². The van der Waals surface area contributed by atoms with E-state index in [0.29, 0.717) is 11.4 Å². The number of halogens is 1. The molecular formula is C20H16INO2S. The van der Waals surface area contributed by atoms with Crippen molar-refractivity contribution in [2.75, 3.05) is 10.8 Å². The summed E-state index contributed by atoms with van der Waals surface area (Å²) in [5, 5.41) is 1.99. The van der Waals surface area contributed by atoms with Gasteiger partial charge in [-0.25, -0.2) is 8.42 Å². The number of sulfonamides is 1. The van der Waals surface area contributed by atoms with Gasteiger partial charge < -0.3 is 0 Å². The van der Waals surface area contributed by atoms with Crippen LogP contribution < -0.4 is 4.31 Å². The van der Waals surface area contributed by atoms with E-state index in [-0.39, 0.29) is 0 Å². The van der Waals surface area contributed by atoms with Gasteiger partial charge in [0.25, 0.3) is 10.0 Å². The number of rotatable bonds is 2. The second-order valence-corrected chi connectivity index (χ2v) is 9.39. The predicted molar refractivity (Wildman–Crippen MR) is 112 cm³/mol. The molecule has 0 aromatic heterocycles. The maximum absolute atomic E-state index is 13.3. The van der Waals surface area contributed by atoms with Crippen LogP contribution in [0.1, 0.15) is 11.1 Å². The fourth-order valence-electron chi connectivity index (χ4n) is 3.14. The molecule has 0 spiro atoms. The Morgan fingerprint density at radius 2 is 1.68 bits per heavy atom. The molecule has 0 atom stereocenters. The van der Waals surface area contributed by atoms with Gasteiger partial charge in [-0.2, -0.15) is 0 Å². The van der Waals surface area contributed by atoms with Crippen molar-refractivity contribution >= 4 is 55.2 Å². The van der Waals surface area contributed by atoms with E-state index >= 15 is 0 Å². The first-order valence-electron chi connectivity index (χ1n) is 7.94. The molecule has 5 heteroatoms. The average molecular weight is 461 g/mol. The first kappa shape index (κ1) is 16.6. The quantitative estimate of drug-likeness (QED) is 0.496. The number of fused-ring (bicyclic) bond motifs is 3. The van der Waals surface area contributed by atoms with Crippen molar-refractivity contribution < 1.29 is 8.42 Å². The minimum atomic E-state index is -3.63. The SMILES string of the molecule is Cc1ccc(S(=O)(=O)N2CC(I)=Cc3ccc4ccccc4c32)cc1. The zero-order valence-electron chi connectivity index (χ0n) is 13.6. The highest BCUT2D eigenvalue weighted by Gasteiger charge is 2.30. The van der Waals surface area contributed by atoms with Crippen LogP contribution in [0.15, 0.2) is 69.1 Å². The second kappa shape index (κ2) is 6.14. The largest absolute Gasteiger partial charge is 0.264 e. The maximum atomic E-state index is 13.3. The van der Waals surface area contributed by atoms with Crippen LogP contribution in [0, 0.1) is 6.92 Å². The Morgan fingerprint density at radius 3 is 2.44 bits per heavy atom. The van der Waals surface area contributed by atoms with Crippen molar-refractivity contribution in [2.45, 2.75) is 11.8 Å². The number of aryl methyl sites for hydroxylation is 1. The fraction of sp³-hybridized carbons (Fsp3) is 0.100. The van der Waals surface area contributed by atoms with Crippen molar-refractivity contribution in [1.29, 1.82) is 0 Å². The lowest BCUT2D eigenvalue weighted by molar-refractivity contribution is 0.592. The Balaban J connectivity index is 1.97. The molecule has 1 heterocycles. The number of hydrogen-bond acceptors (Lipinski definition) is 2. The number of hydrogen-bond donors (Lipinski definition) is 0. The second-order valence-electron chi connectivity index (χ2n) is 6.14. The number of benzene rings is 3. The normalized spacial score (nSPS) is 14.3. The van der Waals surface area contributed by atoms with Gasteiger partial charge in [0.1, 0.15) is 0 Å². The van der Waals surface area contributed by atoms with Crippen LogP contribution in [0.4, 0.5) is 5.69 Å². The van der Waals surface area contributed by atoms with Gasteiger partial charge in [-0.1, -0.05) is 54.1 Å². The summed E-state index contributed by atoms with van der Waals surface area (Å²) in [5.41, 5.74) is 2.74. The van der Waals surface area contributed by atoms with Crippen LogP contribution in [0.2, 0.25) is 0 Å². The van der Waals surface area contributed by atoms with Crippen molar-refractivity contribution in [3.8, 4) is 0 Å². The topological polar surface area (TPSA) is 37.4 Å². The van der Waals surface area contributed by atoms with E-state index in [4.69, 9.17) is 0 Å². The van der Waals surface area contributed by atoms with E-state index in [1.54, 1.807) is 12.1 Å². The Hall–Kier alpha value is -1.86. The van der Waals surface area contributed by atoms with E-state index in [0.717, 1.165) is 31.2 Å². The molecule has 3 aromatic rings. The van der Waals surface area contributed by atoms with Gasteiger partial charge >= 0.3 is 0 Å². The molecule has 0 aliphatic carbocycles. The lowest BCUT2D eigenvalue weighted by Gasteiger charge is -2.30.